The van der Waals surface area contributed by atoms with Gasteiger partial charge in [-0.25, -0.2) is 9.79 Å². The number of phenols is 1. The molecular formula is C25H23BrN2O6S. The summed E-state index contributed by atoms with van der Waals surface area (Å²) in [4.78, 5) is 31.8. The van der Waals surface area contributed by atoms with Crippen molar-refractivity contribution in [1.29, 1.82) is 0 Å². The normalized spacial score (nSPS) is 15.5. The zero-order chi connectivity index (χ0) is 25.3. The molecule has 1 aromatic heterocycles. The third-order valence-corrected chi connectivity index (χ3v) is 7.15. The third kappa shape index (κ3) is 4.63. The molecule has 0 saturated heterocycles. The summed E-state index contributed by atoms with van der Waals surface area (Å²) in [5.74, 6) is 0.491. The molecule has 0 amide bonds. The second-order valence-corrected chi connectivity index (χ2v) is 9.49. The van der Waals surface area contributed by atoms with Gasteiger partial charge >= 0.3 is 5.97 Å². The fraction of sp³-hybridized carbons (Fsp3) is 0.240. The van der Waals surface area contributed by atoms with Crippen LogP contribution in [-0.4, -0.2) is 36.5 Å². The van der Waals surface area contributed by atoms with Crippen LogP contribution in [0.2, 0.25) is 0 Å². The lowest BCUT2D eigenvalue weighted by molar-refractivity contribution is -0.139. The second-order valence-electron chi connectivity index (χ2n) is 7.63. The topological polar surface area (TPSA) is 99.4 Å². The number of esters is 1. The Kier molecular flexibility index (Phi) is 7.13. The zero-order valence-corrected chi connectivity index (χ0v) is 21.9. The standard InChI is InChI=1S/C25H23BrN2O6S/c1-5-34-24(31)21-13(2)27-25-28(22(21)16-11-18(32-3)19(33-4)12-17(16)26)23(30)20(35-25)10-14-7-6-8-15(29)9-14/h6-12,22,29H,5H2,1-4H3/b20-10-/t22-/m0/s1. The number of rotatable bonds is 6. The molecule has 0 spiro atoms. The predicted octanol–water partition coefficient (Wildman–Crippen LogP) is 3.28. The number of thiazole rings is 1. The van der Waals surface area contributed by atoms with Crippen LogP contribution in [0.15, 0.2) is 61.9 Å². The molecule has 0 fully saturated rings. The number of carbonyl (C=O) groups excluding carboxylic acids is 1. The number of allylic oxidation sites excluding steroid dienone is 1. The summed E-state index contributed by atoms with van der Waals surface area (Å²) in [5, 5.41) is 9.81. The molecule has 1 aliphatic heterocycles. The average Bonchev–Trinajstić information content (AvgIpc) is 3.12. The van der Waals surface area contributed by atoms with E-state index in [1.165, 1.54) is 30.1 Å². The van der Waals surface area contributed by atoms with Crippen LogP contribution < -0.4 is 24.4 Å². The van der Waals surface area contributed by atoms with Crippen LogP contribution >= 0.6 is 27.3 Å². The van der Waals surface area contributed by atoms with Gasteiger partial charge in [0, 0.05) is 4.47 Å². The van der Waals surface area contributed by atoms with Gasteiger partial charge in [-0.15, -0.1) is 0 Å². The fourth-order valence-electron chi connectivity index (χ4n) is 3.93. The lowest BCUT2D eigenvalue weighted by Crippen LogP contribution is -2.40. The van der Waals surface area contributed by atoms with Crippen molar-refractivity contribution in [1.82, 2.24) is 4.57 Å². The summed E-state index contributed by atoms with van der Waals surface area (Å²) in [5.41, 5.74) is 1.68. The Hall–Kier alpha value is -3.37. The van der Waals surface area contributed by atoms with Crippen molar-refractivity contribution in [2.45, 2.75) is 19.9 Å². The molecule has 1 aliphatic rings. The van der Waals surface area contributed by atoms with Gasteiger partial charge in [0.25, 0.3) is 5.56 Å². The van der Waals surface area contributed by atoms with Crippen LogP contribution in [0.1, 0.15) is 31.0 Å². The maximum absolute atomic E-state index is 13.7. The molecule has 0 aliphatic carbocycles. The Labute approximate surface area is 213 Å². The monoisotopic (exact) mass is 558 g/mol. The van der Waals surface area contributed by atoms with Crippen molar-refractivity contribution in [2.75, 3.05) is 20.8 Å². The SMILES string of the molecule is CCOC(=O)C1=C(C)N=c2s/c(=C\c3cccc(O)c3)c(=O)n2[C@H]1c1cc(OC)c(OC)cc1Br. The van der Waals surface area contributed by atoms with Gasteiger partial charge in [-0.05, 0) is 55.3 Å². The molecule has 182 valence electrons. The molecule has 2 aromatic carbocycles. The minimum absolute atomic E-state index is 0.0964. The molecule has 1 atom stereocenters. The molecule has 0 bridgehead atoms. The van der Waals surface area contributed by atoms with E-state index in [2.05, 4.69) is 20.9 Å². The highest BCUT2D eigenvalue weighted by molar-refractivity contribution is 9.10. The highest BCUT2D eigenvalue weighted by Crippen LogP contribution is 2.40. The van der Waals surface area contributed by atoms with Crippen molar-refractivity contribution >= 4 is 39.3 Å². The van der Waals surface area contributed by atoms with Crippen molar-refractivity contribution < 1.29 is 24.1 Å². The number of aromatic nitrogens is 1. The van der Waals surface area contributed by atoms with E-state index in [1.54, 1.807) is 56.3 Å². The highest BCUT2D eigenvalue weighted by Gasteiger charge is 2.35. The van der Waals surface area contributed by atoms with Gasteiger partial charge in [0.05, 0.1) is 42.7 Å². The molecule has 4 rings (SSSR count). The second kappa shape index (κ2) is 10.1. The van der Waals surface area contributed by atoms with Gasteiger partial charge in [0.2, 0.25) is 0 Å². The van der Waals surface area contributed by atoms with E-state index >= 15 is 0 Å². The summed E-state index contributed by atoms with van der Waals surface area (Å²) in [6.45, 7) is 3.62. The van der Waals surface area contributed by atoms with E-state index in [9.17, 15) is 14.7 Å². The Balaban J connectivity index is 2.02. The minimum Gasteiger partial charge on any atom is -0.508 e. The number of nitrogens with zero attached hydrogens (tertiary/aromatic N) is 2. The first-order valence-corrected chi connectivity index (χ1v) is 12.3. The van der Waals surface area contributed by atoms with Gasteiger partial charge in [-0.1, -0.05) is 39.4 Å². The molecule has 0 saturated carbocycles. The van der Waals surface area contributed by atoms with Crippen molar-refractivity contribution in [3.63, 3.8) is 0 Å². The molecule has 3 aromatic rings. The number of hydrogen-bond acceptors (Lipinski definition) is 8. The minimum atomic E-state index is -0.814. The van der Waals surface area contributed by atoms with Crippen LogP contribution in [0.4, 0.5) is 0 Å². The number of methoxy groups -OCH3 is 2. The van der Waals surface area contributed by atoms with E-state index in [0.717, 1.165) is 0 Å². The lowest BCUT2D eigenvalue weighted by Gasteiger charge is -2.26. The number of benzene rings is 2. The average molecular weight is 559 g/mol. The maximum atomic E-state index is 13.7. The smallest absolute Gasteiger partial charge is 0.338 e. The molecule has 0 radical (unpaired) electrons. The molecule has 0 unspecified atom stereocenters. The van der Waals surface area contributed by atoms with E-state index < -0.39 is 12.0 Å². The van der Waals surface area contributed by atoms with Crippen molar-refractivity contribution in [3.05, 3.63) is 83.0 Å². The van der Waals surface area contributed by atoms with E-state index in [0.29, 0.717) is 42.1 Å². The number of carbonyl (C=O) groups is 1. The third-order valence-electron chi connectivity index (χ3n) is 5.48. The van der Waals surface area contributed by atoms with Gasteiger partial charge in [-0.3, -0.25) is 9.36 Å². The number of ether oxygens (including phenoxy) is 3. The van der Waals surface area contributed by atoms with E-state index in [-0.39, 0.29) is 23.5 Å². The Morgan fingerprint density at radius 1 is 1.23 bits per heavy atom. The largest absolute Gasteiger partial charge is 0.508 e. The van der Waals surface area contributed by atoms with Gasteiger partial charge in [0.15, 0.2) is 16.3 Å². The zero-order valence-electron chi connectivity index (χ0n) is 19.5. The summed E-state index contributed by atoms with van der Waals surface area (Å²) in [6.07, 6.45) is 1.69. The van der Waals surface area contributed by atoms with Crippen LogP contribution in [0.5, 0.6) is 17.2 Å². The molecule has 1 N–H and O–H groups in total. The first kappa shape index (κ1) is 24.7. The van der Waals surface area contributed by atoms with Crippen LogP contribution in [0, 0.1) is 0 Å². The quantitative estimate of drug-likeness (QED) is 0.466. The number of phenolic OH excluding ortho intramolecular Hbond substituents is 1. The Morgan fingerprint density at radius 3 is 2.60 bits per heavy atom. The number of halogens is 1. The molecule has 8 nitrogen and oxygen atoms in total. The fourth-order valence-corrected chi connectivity index (χ4v) is 5.52. The van der Waals surface area contributed by atoms with Gasteiger partial charge < -0.3 is 19.3 Å². The molecule has 35 heavy (non-hydrogen) atoms. The molecule has 2 heterocycles. The van der Waals surface area contributed by atoms with E-state index in [1.807, 2.05) is 0 Å². The van der Waals surface area contributed by atoms with Crippen LogP contribution in [0.25, 0.3) is 6.08 Å². The summed E-state index contributed by atoms with van der Waals surface area (Å²) >= 11 is 4.78. The van der Waals surface area contributed by atoms with Gasteiger partial charge in [-0.2, -0.15) is 0 Å². The number of aromatic hydroxyl groups is 1. The van der Waals surface area contributed by atoms with Crippen molar-refractivity contribution in [3.8, 4) is 17.2 Å². The van der Waals surface area contributed by atoms with Crippen LogP contribution in [-0.2, 0) is 9.53 Å². The predicted molar refractivity (Wildman–Crippen MR) is 136 cm³/mol. The summed E-state index contributed by atoms with van der Waals surface area (Å²) in [6, 6.07) is 9.26. The molecular weight excluding hydrogens is 536 g/mol. The summed E-state index contributed by atoms with van der Waals surface area (Å²) in [7, 11) is 3.05. The molecule has 10 heteroatoms. The first-order chi connectivity index (χ1) is 16.8. The lowest BCUT2D eigenvalue weighted by atomic mass is 9.95. The van der Waals surface area contributed by atoms with Crippen LogP contribution in [0.3, 0.4) is 0 Å². The van der Waals surface area contributed by atoms with Crippen molar-refractivity contribution in [2.24, 2.45) is 4.99 Å². The van der Waals surface area contributed by atoms with Gasteiger partial charge in [0.1, 0.15) is 5.75 Å². The summed E-state index contributed by atoms with van der Waals surface area (Å²) < 4.78 is 18.8. The number of hydrogen-bond donors (Lipinski definition) is 1. The van der Waals surface area contributed by atoms with E-state index in [4.69, 9.17) is 14.2 Å². The highest BCUT2D eigenvalue weighted by atomic mass is 79.9. The Morgan fingerprint density at radius 2 is 1.94 bits per heavy atom. The number of fused-ring (bicyclic) bond motifs is 1. The maximum Gasteiger partial charge on any atom is 0.338 e. The first-order valence-electron chi connectivity index (χ1n) is 10.7. The Bertz CT molecular complexity index is 1520.